The molecule has 3 fully saturated rings. The summed E-state index contributed by atoms with van der Waals surface area (Å²) in [6.45, 7) is 6.49. The highest BCUT2D eigenvalue weighted by molar-refractivity contribution is 7.90. The fraction of sp³-hybridized carbons (Fsp3) is 0.500. The van der Waals surface area contributed by atoms with Crippen LogP contribution in [0.15, 0.2) is 60.0 Å². The molecule has 2 saturated heterocycles. The Bertz CT molecular complexity index is 1910. The van der Waals surface area contributed by atoms with Gasteiger partial charge >= 0.3 is 5.97 Å². The van der Waals surface area contributed by atoms with Gasteiger partial charge < -0.3 is 29.4 Å². The molecule has 1 spiro atoms. The molecule has 0 atom stereocenters. The molecule has 2 N–H and O–H groups in total. The summed E-state index contributed by atoms with van der Waals surface area (Å²) in [4.78, 5) is 14.4. The molecule has 51 heavy (non-hydrogen) atoms. The molecule has 10 nitrogen and oxygen atoms in total. The van der Waals surface area contributed by atoms with Crippen LogP contribution in [0.1, 0.15) is 44.2 Å². The van der Waals surface area contributed by atoms with Crippen molar-refractivity contribution in [2.45, 2.75) is 68.0 Å². The second kappa shape index (κ2) is 15.2. The smallest absolute Gasteiger partial charge is 0.343 e. The second-order valence-corrected chi connectivity index (χ2v) is 16.0. The first kappa shape index (κ1) is 36.7. The number of rotatable bonds is 12. The number of halogens is 2. The third-order valence-electron chi connectivity index (χ3n) is 10.4. The molecule has 3 heterocycles. The zero-order chi connectivity index (χ0) is 36.2. The molecule has 0 bridgehead atoms. The Kier molecular flexibility index (Phi) is 11.0. The van der Waals surface area contributed by atoms with E-state index in [1.54, 1.807) is 0 Å². The van der Waals surface area contributed by atoms with E-state index in [1.165, 1.54) is 55.8 Å². The van der Waals surface area contributed by atoms with Crippen LogP contribution in [0.5, 0.6) is 5.75 Å². The number of carbonyl (C=O) groups excluding carboxylic acids is 1. The van der Waals surface area contributed by atoms with E-state index in [-0.39, 0.29) is 23.2 Å². The Balaban J connectivity index is 1.16. The summed E-state index contributed by atoms with van der Waals surface area (Å²) in [7, 11) is -2.32. The summed E-state index contributed by atoms with van der Waals surface area (Å²) in [5.41, 5.74) is 2.81. The van der Waals surface area contributed by atoms with E-state index in [2.05, 4.69) is 38.7 Å². The van der Waals surface area contributed by atoms with Gasteiger partial charge in [0.2, 0.25) is 0 Å². The molecule has 1 aliphatic carbocycles. The number of allylic oxidation sites excluding steroid dienone is 1. The van der Waals surface area contributed by atoms with E-state index in [4.69, 9.17) is 9.47 Å². The van der Waals surface area contributed by atoms with E-state index in [0.29, 0.717) is 34.4 Å². The number of nitrogens with zero attached hydrogens (tertiary/aromatic N) is 2. The number of hydrogen-bond acceptors (Lipinski definition) is 9. The topological polar surface area (TPSA) is 111 Å². The first-order valence-corrected chi connectivity index (χ1v) is 19.3. The molecular formula is C38H46F2N4O6S. The number of carbonyl (C=O) groups is 1. The number of fused-ring (bicyclic) bond motifs is 1. The van der Waals surface area contributed by atoms with Gasteiger partial charge in [0, 0.05) is 67.2 Å². The average molecular weight is 725 g/mol. The highest BCUT2D eigenvalue weighted by Gasteiger charge is 2.46. The maximum absolute atomic E-state index is 14.8. The standard InChI is InChI=1S/C38H46F2N4O6S/c1-4-38(39,40)26-44-29(7-6-18-41-33-15-14-30(51(3,46)47)22-35(33)50-23-36(45)48-2)21-31-32(8-5-9-34(31)44)42-27-10-12-28(13-11-27)43-24-37(25-43)16-19-49-20-17-37/h4-5,8-9,14-15,21-22,27-28,41-42H,1,10-13,16-20,23-26H2,2-3H3. The quantitative estimate of drug-likeness (QED) is 0.138. The largest absolute Gasteiger partial charge is 0.480 e. The third kappa shape index (κ3) is 8.68. The van der Waals surface area contributed by atoms with Crippen LogP contribution in [-0.2, 0) is 30.7 Å². The van der Waals surface area contributed by atoms with Crippen LogP contribution in [0.3, 0.4) is 0 Å². The number of likely N-dealkylation sites (tertiary alicyclic amines) is 1. The van der Waals surface area contributed by atoms with Crippen molar-refractivity contribution in [1.82, 2.24) is 9.47 Å². The SMILES string of the molecule is C=CC(F)(F)Cn1c(C#CCNc2ccc(S(C)(=O)=O)cc2OCC(=O)OC)cc2c(NC3CCC(N4CC5(CCOCC5)C4)CC3)cccc21. The monoisotopic (exact) mass is 724 g/mol. The van der Waals surface area contributed by atoms with Crippen LogP contribution in [0.25, 0.3) is 10.9 Å². The van der Waals surface area contributed by atoms with Crippen LogP contribution in [-0.4, -0.2) is 94.7 Å². The van der Waals surface area contributed by atoms with Gasteiger partial charge in [-0.15, -0.1) is 0 Å². The molecule has 3 aliphatic rings. The lowest BCUT2D eigenvalue weighted by Crippen LogP contribution is -2.62. The van der Waals surface area contributed by atoms with E-state index in [9.17, 15) is 22.0 Å². The molecule has 1 saturated carbocycles. The summed E-state index contributed by atoms with van der Waals surface area (Å²) in [5, 5.41) is 7.62. The Morgan fingerprint density at radius 2 is 1.86 bits per heavy atom. The zero-order valence-corrected chi connectivity index (χ0v) is 30.0. The first-order valence-electron chi connectivity index (χ1n) is 17.4. The zero-order valence-electron chi connectivity index (χ0n) is 29.2. The van der Waals surface area contributed by atoms with Gasteiger partial charge in [0.1, 0.15) is 5.75 Å². The molecule has 0 unspecified atom stereocenters. The van der Waals surface area contributed by atoms with Gasteiger partial charge in [0.05, 0.1) is 42.0 Å². The molecule has 13 heteroatoms. The van der Waals surface area contributed by atoms with Crippen molar-refractivity contribution in [3.63, 3.8) is 0 Å². The number of esters is 1. The predicted octanol–water partition coefficient (Wildman–Crippen LogP) is 5.72. The summed E-state index contributed by atoms with van der Waals surface area (Å²) in [6, 6.07) is 12.7. The van der Waals surface area contributed by atoms with E-state index < -0.39 is 34.9 Å². The van der Waals surface area contributed by atoms with Gasteiger partial charge in [0.25, 0.3) is 5.92 Å². The van der Waals surface area contributed by atoms with E-state index >= 15 is 0 Å². The molecule has 0 radical (unpaired) electrons. The lowest BCUT2D eigenvalue weighted by Gasteiger charge is -2.56. The number of anilines is 2. The van der Waals surface area contributed by atoms with Crippen LogP contribution in [0.2, 0.25) is 0 Å². The van der Waals surface area contributed by atoms with Gasteiger partial charge in [-0.3, -0.25) is 4.90 Å². The Morgan fingerprint density at radius 1 is 1.12 bits per heavy atom. The summed E-state index contributed by atoms with van der Waals surface area (Å²) in [6.07, 6.45) is 8.39. The Morgan fingerprint density at radius 3 is 2.55 bits per heavy atom. The molecule has 1 aromatic heterocycles. The molecule has 3 aromatic rings. The van der Waals surface area contributed by atoms with Crippen LogP contribution in [0.4, 0.5) is 20.2 Å². The number of hydrogen-bond donors (Lipinski definition) is 2. The van der Waals surface area contributed by atoms with Crippen LogP contribution >= 0.6 is 0 Å². The maximum atomic E-state index is 14.8. The number of alkyl halides is 2. The summed E-state index contributed by atoms with van der Waals surface area (Å²) < 4.78 is 71.0. The lowest BCUT2D eigenvalue weighted by molar-refractivity contribution is -0.142. The Hall–Kier alpha value is -4.12. The van der Waals surface area contributed by atoms with Crippen LogP contribution in [0, 0.1) is 17.3 Å². The number of methoxy groups -OCH3 is 1. The van der Waals surface area contributed by atoms with Gasteiger partial charge in [-0.1, -0.05) is 18.6 Å². The molecule has 6 rings (SSSR count). The number of aromatic nitrogens is 1. The van der Waals surface area contributed by atoms with E-state index in [0.717, 1.165) is 56.2 Å². The number of benzene rings is 2. The van der Waals surface area contributed by atoms with Crippen molar-refractivity contribution in [1.29, 1.82) is 0 Å². The normalized spacial score (nSPS) is 20.5. The van der Waals surface area contributed by atoms with Crippen molar-refractivity contribution >= 4 is 38.1 Å². The summed E-state index contributed by atoms with van der Waals surface area (Å²) in [5.74, 6) is 2.39. The van der Waals surface area contributed by atoms with Gasteiger partial charge in [-0.05, 0) is 80.9 Å². The first-order chi connectivity index (χ1) is 24.4. The van der Waals surface area contributed by atoms with Gasteiger partial charge in [-0.25, -0.2) is 22.0 Å². The molecule has 2 aliphatic heterocycles. The fourth-order valence-electron chi connectivity index (χ4n) is 7.43. The average Bonchev–Trinajstić information content (AvgIpc) is 3.45. The van der Waals surface area contributed by atoms with E-state index in [1.807, 2.05) is 24.3 Å². The van der Waals surface area contributed by atoms with Crippen molar-refractivity contribution in [3.8, 4) is 17.6 Å². The number of nitrogens with one attached hydrogen (secondary N) is 2. The van der Waals surface area contributed by atoms with Gasteiger partial charge in [0.15, 0.2) is 16.4 Å². The minimum Gasteiger partial charge on any atom is -0.480 e. The van der Waals surface area contributed by atoms with Crippen molar-refractivity contribution in [2.75, 3.05) is 63.5 Å². The van der Waals surface area contributed by atoms with Gasteiger partial charge in [-0.2, -0.15) is 0 Å². The highest BCUT2D eigenvalue weighted by atomic mass is 32.2. The predicted molar refractivity (Wildman–Crippen MR) is 193 cm³/mol. The van der Waals surface area contributed by atoms with Crippen molar-refractivity contribution in [3.05, 3.63) is 60.8 Å². The minimum absolute atomic E-state index is 0.0174. The number of ether oxygens (including phenoxy) is 3. The maximum Gasteiger partial charge on any atom is 0.343 e. The second-order valence-electron chi connectivity index (χ2n) is 13.9. The third-order valence-corrected chi connectivity index (χ3v) is 11.5. The van der Waals surface area contributed by atoms with Crippen molar-refractivity contribution in [2.24, 2.45) is 5.41 Å². The lowest BCUT2D eigenvalue weighted by atomic mass is 9.71. The molecule has 274 valence electrons. The number of sulfone groups is 1. The highest BCUT2D eigenvalue weighted by Crippen LogP contribution is 2.43. The van der Waals surface area contributed by atoms with Crippen LogP contribution < -0.4 is 15.4 Å². The molecule has 0 amide bonds. The fourth-order valence-corrected chi connectivity index (χ4v) is 8.06. The summed E-state index contributed by atoms with van der Waals surface area (Å²) >= 11 is 0. The minimum atomic E-state index is -3.54. The van der Waals surface area contributed by atoms with Crippen molar-refractivity contribution < 1.29 is 36.2 Å². The molecular weight excluding hydrogens is 679 g/mol. The Labute approximate surface area is 298 Å². The molecule has 2 aromatic carbocycles.